The van der Waals surface area contributed by atoms with Crippen molar-refractivity contribution in [2.24, 2.45) is 11.3 Å². The van der Waals surface area contributed by atoms with Gasteiger partial charge in [0.2, 0.25) is 0 Å². The minimum atomic E-state index is -2.98. The Balaban J connectivity index is 2.27. The van der Waals surface area contributed by atoms with Crippen molar-refractivity contribution in [3.63, 3.8) is 0 Å². The Hall–Kier alpha value is -0.0100. The van der Waals surface area contributed by atoms with E-state index in [9.17, 15) is 17.2 Å². The quantitative estimate of drug-likeness (QED) is 0.647. The standard InChI is InChI=1S/C14H16Br2F2O2S/c15-8-14(9-16,11-3-4-21(19,20)7-11)6-10-1-2-12(17)13(18)5-10/h1-2,5,11H,3-4,6-9H2. The summed E-state index contributed by atoms with van der Waals surface area (Å²) in [6.45, 7) is 0. The second-order valence-electron chi connectivity index (χ2n) is 5.65. The Morgan fingerprint density at radius 1 is 1.19 bits per heavy atom. The molecule has 7 heteroatoms. The third-order valence-electron chi connectivity index (χ3n) is 4.17. The second kappa shape index (κ2) is 6.62. The monoisotopic (exact) mass is 444 g/mol. The summed E-state index contributed by atoms with van der Waals surface area (Å²) >= 11 is 6.96. The van der Waals surface area contributed by atoms with Crippen molar-refractivity contribution in [1.82, 2.24) is 0 Å². The van der Waals surface area contributed by atoms with E-state index in [0.717, 1.165) is 6.07 Å². The smallest absolute Gasteiger partial charge is 0.159 e. The molecule has 1 aliphatic rings. The highest BCUT2D eigenvalue weighted by atomic mass is 79.9. The highest BCUT2D eigenvalue weighted by Gasteiger charge is 2.43. The van der Waals surface area contributed by atoms with E-state index in [4.69, 9.17) is 0 Å². The number of benzene rings is 1. The Labute approximate surface area is 140 Å². The third kappa shape index (κ3) is 3.85. The van der Waals surface area contributed by atoms with Crippen LogP contribution in [-0.2, 0) is 16.3 Å². The molecule has 1 aromatic carbocycles. The molecule has 0 aromatic heterocycles. The topological polar surface area (TPSA) is 34.1 Å². The van der Waals surface area contributed by atoms with Gasteiger partial charge in [0.1, 0.15) is 0 Å². The molecule has 0 N–H and O–H groups in total. The fourth-order valence-electron chi connectivity index (χ4n) is 2.83. The predicted molar refractivity (Wildman–Crippen MR) is 86.8 cm³/mol. The van der Waals surface area contributed by atoms with Crippen LogP contribution in [-0.4, -0.2) is 30.6 Å². The fraction of sp³-hybridized carbons (Fsp3) is 0.571. The van der Waals surface area contributed by atoms with Gasteiger partial charge in [0, 0.05) is 10.7 Å². The molecule has 1 saturated heterocycles. The Kier molecular flexibility index (Phi) is 5.47. The van der Waals surface area contributed by atoms with Crippen molar-refractivity contribution >= 4 is 41.7 Å². The van der Waals surface area contributed by atoms with Crippen molar-refractivity contribution in [1.29, 1.82) is 0 Å². The summed E-state index contributed by atoms with van der Waals surface area (Å²) in [5.74, 6) is -1.37. The van der Waals surface area contributed by atoms with Crippen LogP contribution in [0.2, 0.25) is 0 Å². The normalized spacial score (nSPS) is 21.6. The van der Waals surface area contributed by atoms with Crippen molar-refractivity contribution in [3.8, 4) is 0 Å². The van der Waals surface area contributed by atoms with Crippen molar-refractivity contribution in [2.75, 3.05) is 22.2 Å². The summed E-state index contributed by atoms with van der Waals surface area (Å²) in [6.07, 6.45) is 1.12. The fourth-order valence-corrected chi connectivity index (χ4v) is 7.01. The molecule has 0 radical (unpaired) electrons. The van der Waals surface area contributed by atoms with Gasteiger partial charge < -0.3 is 0 Å². The van der Waals surface area contributed by atoms with Crippen molar-refractivity contribution in [2.45, 2.75) is 12.8 Å². The number of hydrogen-bond donors (Lipinski definition) is 0. The molecule has 1 heterocycles. The lowest BCUT2D eigenvalue weighted by Crippen LogP contribution is -2.37. The van der Waals surface area contributed by atoms with Gasteiger partial charge in [-0.3, -0.25) is 0 Å². The molecule has 0 saturated carbocycles. The maximum absolute atomic E-state index is 13.4. The van der Waals surface area contributed by atoms with Crippen molar-refractivity contribution < 1.29 is 17.2 Å². The second-order valence-corrected chi connectivity index (χ2v) is 9.01. The highest BCUT2D eigenvalue weighted by molar-refractivity contribution is 9.09. The predicted octanol–water partition coefficient (Wildman–Crippen LogP) is 3.72. The number of sulfone groups is 1. The first-order chi connectivity index (χ1) is 9.82. The molecule has 1 aromatic rings. The van der Waals surface area contributed by atoms with E-state index in [2.05, 4.69) is 31.9 Å². The van der Waals surface area contributed by atoms with E-state index < -0.39 is 21.5 Å². The number of hydrogen-bond acceptors (Lipinski definition) is 2. The number of halogens is 4. The molecule has 1 aliphatic heterocycles. The molecule has 0 spiro atoms. The van der Waals surface area contributed by atoms with Crippen LogP contribution in [0.15, 0.2) is 18.2 Å². The summed E-state index contributed by atoms with van der Waals surface area (Å²) < 4.78 is 49.9. The molecule has 0 bridgehead atoms. The van der Waals surface area contributed by atoms with Gasteiger partial charge in [-0.15, -0.1) is 0 Å². The van der Waals surface area contributed by atoms with Crippen LogP contribution in [0.25, 0.3) is 0 Å². The minimum absolute atomic E-state index is 0.00867. The van der Waals surface area contributed by atoms with E-state index in [1.165, 1.54) is 6.07 Å². The molecule has 0 aliphatic carbocycles. The Morgan fingerprint density at radius 2 is 1.86 bits per heavy atom. The molecular weight excluding hydrogens is 430 g/mol. The summed E-state index contributed by atoms with van der Waals surface area (Å²) in [5, 5.41) is 1.20. The lowest BCUT2D eigenvalue weighted by molar-refractivity contribution is 0.253. The van der Waals surface area contributed by atoms with E-state index in [1.54, 1.807) is 6.07 Å². The first-order valence-electron chi connectivity index (χ1n) is 6.58. The van der Waals surface area contributed by atoms with Crippen molar-refractivity contribution in [3.05, 3.63) is 35.4 Å². The first-order valence-corrected chi connectivity index (χ1v) is 10.6. The maximum atomic E-state index is 13.4. The zero-order chi connectivity index (χ0) is 15.7. The maximum Gasteiger partial charge on any atom is 0.159 e. The van der Waals surface area contributed by atoms with E-state index in [-0.39, 0.29) is 22.8 Å². The van der Waals surface area contributed by atoms with Crippen LogP contribution in [0.1, 0.15) is 12.0 Å². The average molecular weight is 446 g/mol. The number of alkyl halides is 2. The Bertz CT molecular complexity index is 615. The van der Waals surface area contributed by atoms with Crippen LogP contribution in [0, 0.1) is 23.0 Å². The zero-order valence-corrected chi connectivity index (χ0v) is 15.3. The molecule has 118 valence electrons. The van der Waals surface area contributed by atoms with E-state index >= 15 is 0 Å². The lowest BCUT2D eigenvalue weighted by atomic mass is 9.74. The largest absolute Gasteiger partial charge is 0.229 e. The average Bonchev–Trinajstić information content (AvgIpc) is 2.81. The molecule has 1 atom stereocenters. The molecule has 1 fully saturated rings. The van der Waals surface area contributed by atoms with Gasteiger partial charge in [-0.25, -0.2) is 17.2 Å². The van der Waals surface area contributed by atoms with Gasteiger partial charge in [0.05, 0.1) is 11.5 Å². The van der Waals surface area contributed by atoms with Gasteiger partial charge in [0.25, 0.3) is 0 Å². The van der Waals surface area contributed by atoms with Crippen LogP contribution in [0.4, 0.5) is 8.78 Å². The van der Waals surface area contributed by atoms with E-state index in [0.29, 0.717) is 29.1 Å². The summed E-state index contributed by atoms with van der Waals surface area (Å²) in [6, 6.07) is 3.87. The molecule has 0 amide bonds. The highest BCUT2D eigenvalue weighted by Crippen LogP contribution is 2.42. The molecule has 2 nitrogen and oxygen atoms in total. The SMILES string of the molecule is O=S1(=O)CCC(C(CBr)(CBr)Cc2ccc(F)c(F)c2)C1. The van der Waals surface area contributed by atoms with Gasteiger partial charge >= 0.3 is 0 Å². The summed E-state index contributed by atoms with van der Waals surface area (Å²) in [5.41, 5.74) is 0.352. The van der Waals surface area contributed by atoms with Gasteiger partial charge in [-0.05, 0) is 41.9 Å². The summed E-state index contributed by atoms with van der Waals surface area (Å²) in [4.78, 5) is 0. The minimum Gasteiger partial charge on any atom is -0.229 e. The number of rotatable bonds is 5. The molecule has 1 unspecified atom stereocenters. The van der Waals surface area contributed by atoms with Gasteiger partial charge in [-0.1, -0.05) is 37.9 Å². The molecular formula is C14H16Br2F2O2S. The van der Waals surface area contributed by atoms with E-state index in [1.807, 2.05) is 0 Å². The third-order valence-corrected chi connectivity index (χ3v) is 8.17. The van der Waals surface area contributed by atoms with Crippen LogP contribution in [0.5, 0.6) is 0 Å². The van der Waals surface area contributed by atoms with Crippen LogP contribution in [0.3, 0.4) is 0 Å². The zero-order valence-electron chi connectivity index (χ0n) is 11.3. The van der Waals surface area contributed by atoms with Gasteiger partial charge in [0.15, 0.2) is 21.5 Å². The summed E-state index contributed by atoms with van der Waals surface area (Å²) in [7, 11) is -2.98. The molecule has 21 heavy (non-hydrogen) atoms. The first kappa shape index (κ1) is 17.3. The lowest BCUT2D eigenvalue weighted by Gasteiger charge is -2.36. The van der Waals surface area contributed by atoms with Crippen LogP contribution < -0.4 is 0 Å². The Morgan fingerprint density at radius 3 is 2.33 bits per heavy atom. The van der Waals surface area contributed by atoms with Gasteiger partial charge in [-0.2, -0.15) is 0 Å². The molecule has 2 rings (SSSR count). The van der Waals surface area contributed by atoms with Crippen LogP contribution >= 0.6 is 31.9 Å².